The van der Waals surface area contributed by atoms with Crippen LogP contribution in [0.1, 0.15) is 0 Å². The number of thiazole rings is 1. The molecule has 0 aliphatic rings. The summed E-state index contributed by atoms with van der Waals surface area (Å²) in [5.74, 6) is 1.72. The number of anilines is 1. The van der Waals surface area contributed by atoms with Gasteiger partial charge in [-0.2, -0.15) is 0 Å². The Morgan fingerprint density at radius 1 is 1.06 bits per heavy atom. The normalized spacial score (nSPS) is 10.2. The Hall–Kier alpha value is -1.95. The number of methoxy groups -OCH3 is 3. The minimum absolute atomic E-state index is 0.553. The summed E-state index contributed by atoms with van der Waals surface area (Å²) in [7, 11) is 4.72. The van der Waals surface area contributed by atoms with Crippen molar-refractivity contribution >= 4 is 16.3 Å². The highest BCUT2D eigenvalue weighted by atomic mass is 32.1. The lowest BCUT2D eigenvalue weighted by atomic mass is 10.1. The number of rotatable bonds is 4. The second-order valence-corrected chi connectivity index (χ2v) is 4.37. The lowest BCUT2D eigenvalue weighted by molar-refractivity contribution is 0.324. The van der Waals surface area contributed by atoms with Gasteiger partial charge in [-0.1, -0.05) is 0 Å². The van der Waals surface area contributed by atoms with Gasteiger partial charge in [0, 0.05) is 5.56 Å². The molecule has 0 aliphatic carbocycles. The Kier molecular flexibility index (Phi) is 3.57. The molecule has 0 atom stereocenters. The van der Waals surface area contributed by atoms with Crippen molar-refractivity contribution in [1.29, 1.82) is 0 Å². The lowest BCUT2D eigenvalue weighted by Crippen LogP contribution is -1.96. The van der Waals surface area contributed by atoms with E-state index in [1.807, 2.05) is 12.1 Å². The highest BCUT2D eigenvalue weighted by molar-refractivity contribution is 7.14. The SMILES string of the molecule is COc1cc(-c2ncsc2N)cc(OC)c1OC. The largest absolute Gasteiger partial charge is 0.493 e. The van der Waals surface area contributed by atoms with E-state index < -0.39 is 0 Å². The Labute approximate surface area is 109 Å². The maximum atomic E-state index is 5.87. The third-order valence-corrected chi connectivity index (χ3v) is 3.19. The number of ether oxygens (including phenoxy) is 3. The molecule has 6 heteroatoms. The summed E-state index contributed by atoms with van der Waals surface area (Å²) in [6.45, 7) is 0. The average molecular weight is 266 g/mol. The number of hydrogen-bond donors (Lipinski definition) is 1. The van der Waals surface area contributed by atoms with Crippen LogP contribution in [0.4, 0.5) is 5.00 Å². The van der Waals surface area contributed by atoms with Crippen LogP contribution < -0.4 is 19.9 Å². The highest BCUT2D eigenvalue weighted by Crippen LogP contribution is 2.42. The van der Waals surface area contributed by atoms with Gasteiger partial charge in [-0.05, 0) is 12.1 Å². The van der Waals surface area contributed by atoms with Crippen molar-refractivity contribution in [3.8, 4) is 28.5 Å². The number of benzene rings is 1. The molecule has 0 bridgehead atoms. The van der Waals surface area contributed by atoms with Crippen molar-refractivity contribution < 1.29 is 14.2 Å². The first-order chi connectivity index (χ1) is 8.71. The van der Waals surface area contributed by atoms with Crippen LogP contribution in [0.15, 0.2) is 17.6 Å². The van der Waals surface area contributed by atoms with E-state index in [1.165, 1.54) is 11.3 Å². The van der Waals surface area contributed by atoms with E-state index in [0.29, 0.717) is 22.2 Å². The molecule has 2 N–H and O–H groups in total. The summed E-state index contributed by atoms with van der Waals surface area (Å²) < 4.78 is 15.8. The van der Waals surface area contributed by atoms with Crippen LogP contribution in [-0.2, 0) is 0 Å². The van der Waals surface area contributed by atoms with Crippen molar-refractivity contribution in [2.45, 2.75) is 0 Å². The summed E-state index contributed by atoms with van der Waals surface area (Å²) in [6, 6.07) is 3.65. The molecule has 0 radical (unpaired) electrons. The molecule has 5 nitrogen and oxygen atoms in total. The van der Waals surface area contributed by atoms with Crippen LogP contribution >= 0.6 is 11.3 Å². The van der Waals surface area contributed by atoms with Crippen molar-refractivity contribution in [2.75, 3.05) is 27.1 Å². The molecular formula is C12H14N2O3S. The predicted octanol–water partition coefficient (Wildman–Crippen LogP) is 2.42. The van der Waals surface area contributed by atoms with Crippen LogP contribution in [0.2, 0.25) is 0 Å². The lowest BCUT2D eigenvalue weighted by Gasteiger charge is -2.13. The van der Waals surface area contributed by atoms with Gasteiger partial charge < -0.3 is 19.9 Å². The van der Waals surface area contributed by atoms with Gasteiger partial charge in [0.2, 0.25) is 5.75 Å². The zero-order chi connectivity index (χ0) is 13.1. The quantitative estimate of drug-likeness (QED) is 0.920. The number of nitrogens with two attached hydrogens (primary N) is 1. The fourth-order valence-corrected chi connectivity index (χ4v) is 2.24. The molecular weight excluding hydrogens is 252 g/mol. The van der Waals surface area contributed by atoms with Crippen LogP contribution in [0.5, 0.6) is 17.2 Å². The van der Waals surface area contributed by atoms with Crippen LogP contribution in [0.3, 0.4) is 0 Å². The van der Waals surface area contributed by atoms with Crippen LogP contribution in [0, 0.1) is 0 Å². The van der Waals surface area contributed by atoms with Crippen molar-refractivity contribution in [3.63, 3.8) is 0 Å². The smallest absolute Gasteiger partial charge is 0.203 e. The van der Waals surface area contributed by atoms with Crippen LogP contribution in [-0.4, -0.2) is 26.3 Å². The second kappa shape index (κ2) is 5.14. The standard InChI is InChI=1S/C12H14N2O3S/c1-15-8-4-7(10-12(13)18-6-14-10)5-9(16-2)11(8)17-3/h4-6H,13H2,1-3H3. The van der Waals surface area contributed by atoms with Gasteiger partial charge in [-0.15, -0.1) is 11.3 Å². The predicted molar refractivity (Wildman–Crippen MR) is 71.6 cm³/mol. The molecule has 1 aromatic heterocycles. The van der Waals surface area contributed by atoms with E-state index in [0.717, 1.165) is 11.3 Å². The van der Waals surface area contributed by atoms with Gasteiger partial charge in [0.05, 0.1) is 26.8 Å². The molecule has 0 aliphatic heterocycles. The first kappa shape index (κ1) is 12.5. The van der Waals surface area contributed by atoms with E-state index in [4.69, 9.17) is 19.9 Å². The average Bonchev–Trinajstić information content (AvgIpc) is 2.83. The molecule has 2 rings (SSSR count). The van der Waals surface area contributed by atoms with Gasteiger partial charge >= 0.3 is 0 Å². The molecule has 0 spiro atoms. The summed E-state index contributed by atoms with van der Waals surface area (Å²) in [6.07, 6.45) is 0. The highest BCUT2D eigenvalue weighted by Gasteiger charge is 2.16. The topological polar surface area (TPSA) is 66.6 Å². The number of nitrogens with zero attached hydrogens (tertiary/aromatic N) is 1. The third-order valence-electron chi connectivity index (χ3n) is 2.53. The van der Waals surface area contributed by atoms with E-state index in [9.17, 15) is 0 Å². The maximum Gasteiger partial charge on any atom is 0.203 e. The van der Waals surface area contributed by atoms with Gasteiger partial charge in [-0.25, -0.2) is 4.98 Å². The number of hydrogen-bond acceptors (Lipinski definition) is 6. The van der Waals surface area contributed by atoms with E-state index >= 15 is 0 Å². The molecule has 0 unspecified atom stereocenters. The Morgan fingerprint density at radius 3 is 2.06 bits per heavy atom. The maximum absolute atomic E-state index is 5.87. The summed E-state index contributed by atoms with van der Waals surface area (Å²) >= 11 is 1.39. The molecule has 0 amide bonds. The molecule has 1 aromatic carbocycles. The molecule has 1 heterocycles. The second-order valence-electron chi connectivity index (χ2n) is 3.48. The zero-order valence-corrected chi connectivity index (χ0v) is 11.2. The first-order valence-electron chi connectivity index (χ1n) is 5.20. The first-order valence-corrected chi connectivity index (χ1v) is 6.08. The minimum atomic E-state index is 0.553. The molecule has 0 saturated heterocycles. The van der Waals surface area contributed by atoms with Crippen LogP contribution in [0.25, 0.3) is 11.3 Å². The van der Waals surface area contributed by atoms with Crippen molar-refractivity contribution in [1.82, 2.24) is 4.98 Å². The minimum Gasteiger partial charge on any atom is -0.493 e. The fourth-order valence-electron chi connectivity index (χ4n) is 1.69. The van der Waals surface area contributed by atoms with Crippen molar-refractivity contribution in [2.24, 2.45) is 0 Å². The molecule has 18 heavy (non-hydrogen) atoms. The van der Waals surface area contributed by atoms with E-state index in [1.54, 1.807) is 26.8 Å². The molecule has 0 fully saturated rings. The molecule has 0 saturated carbocycles. The van der Waals surface area contributed by atoms with E-state index in [2.05, 4.69) is 4.98 Å². The number of nitrogen functional groups attached to an aromatic ring is 1. The van der Waals surface area contributed by atoms with Crippen molar-refractivity contribution in [3.05, 3.63) is 17.6 Å². The zero-order valence-electron chi connectivity index (χ0n) is 10.4. The Bertz CT molecular complexity index is 529. The van der Waals surface area contributed by atoms with E-state index in [-0.39, 0.29) is 0 Å². The van der Waals surface area contributed by atoms with Gasteiger partial charge in [-0.3, -0.25) is 0 Å². The molecule has 2 aromatic rings. The number of aromatic nitrogens is 1. The Morgan fingerprint density at radius 2 is 1.67 bits per heavy atom. The summed E-state index contributed by atoms with van der Waals surface area (Å²) in [5.41, 5.74) is 9.13. The summed E-state index contributed by atoms with van der Waals surface area (Å²) in [4.78, 5) is 4.23. The summed E-state index contributed by atoms with van der Waals surface area (Å²) in [5, 5.41) is 0.657. The van der Waals surface area contributed by atoms with Gasteiger partial charge in [0.1, 0.15) is 10.7 Å². The fraction of sp³-hybridized carbons (Fsp3) is 0.250. The monoisotopic (exact) mass is 266 g/mol. The van der Waals surface area contributed by atoms with Gasteiger partial charge in [0.25, 0.3) is 0 Å². The third kappa shape index (κ3) is 2.06. The Balaban J connectivity index is 2.60. The van der Waals surface area contributed by atoms with Gasteiger partial charge in [0.15, 0.2) is 11.5 Å². The molecule has 96 valence electrons.